The molecule has 0 radical (unpaired) electrons. The zero-order chi connectivity index (χ0) is 19.3. The van der Waals surface area contributed by atoms with Crippen molar-refractivity contribution in [3.05, 3.63) is 107 Å². The van der Waals surface area contributed by atoms with Crippen LogP contribution in [-0.2, 0) is 0 Å². The van der Waals surface area contributed by atoms with Crippen LogP contribution in [0.3, 0.4) is 0 Å². The Bertz CT molecular complexity index is 1220. The van der Waals surface area contributed by atoms with Crippen LogP contribution in [0, 0.1) is 0 Å². The first-order chi connectivity index (χ1) is 13.7. The second-order valence-corrected chi connectivity index (χ2v) is 6.07. The Labute approximate surface area is 160 Å². The van der Waals surface area contributed by atoms with Crippen LogP contribution in [0.2, 0.25) is 0 Å². The highest BCUT2D eigenvalue weighted by atomic mass is 16.1. The maximum absolute atomic E-state index is 13.1. The number of hydrogen-bond donors (Lipinski definition) is 2. The standard InChI is InChI=1S/C22H16N4O2/c27-21(15-9-3-1-4-10-15)19(26-25-16-11-5-2-6-12-16)20-22(28)24-18-14-8-7-13-17(18)23-20/h1-14,25H,(H,24,28). The molecule has 136 valence electrons. The minimum atomic E-state index is -0.475. The average Bonchev–Trinajstić information content (AvgIpc) is 2.75. The second kappa shape index (κ2) is 7.67. The Morgan fingerprint density at radius 1 is 0.857 bits per heavy atom. The third-order valence-electron chi connectivity index (χ3n) is 4.15. The molecular formula is C22H16N4O2. The van der Waals surface area contributed by atoms with Crippen molar-refractivity contribution in [1.82, 2.24) is 9.97 Å². The molecule has 0 saturated heterocycles. The lowest BCUT2D eigenvalue weighted by Gasteiger charge is -2.07. The first-order valence-corrected chi connectivity index (χ1v) is 8.70. The molecule has 2 N–H and O–H groups in total. The number of aromatic nitrogens is 2. The molecule has 0 atom stereocenters. The SMILES string of the molecule is O=C(C(=NNc1ccccc1)c1nc2ccccc2[nH]c1=O)c1ccccc1. The first-order valence-electron chi connectivity index (χ1n) is 8.70. The fraction of sp³-hybridized carbons (Fsp3) is 0. The van der Waals surface area contributed by atoms with Gasteiger partial charge < -0.3 is 4.98 Å². The zero-order valence-electron chi connectivity index (χ0n) is 14.8. The number of carbonyl (C=O) groups excluding carboxylic acids is 1. The van der Waals surface area contributed by atoms with E-state index in [-0.39, 0.29) is 11.4 Å². The number of hydrazone groups is 1. The summed E-state index contributed by atoms with van der Waals surface area (Å²) in [7, 11) is 0. The molecule has 1 aromatic heterocycles. The highest BCUT2D eigenvalue weighted by molar-refractivity contribution is 6.51. The van der Waals surface area contributed by atoms with Crippen molar-refractivity contribution in [3.63, 3.8) is 0 Å². The van der Waals surface area contributed by atoms with Gasteiger partial charge in [0.25, 0.3) is 5.56 Å². The number of anilines is 1. The van der Waals surface area contributed by atoms with Crippen molar-refractivity contribution >= 4 is 28.2 Å². The summed E-state index contributed by atoms with van der Waals surface area (Å²) in [4.78, 5) is 32.9. The predicted molar refractivity (Wildman–Crippen MR) is 110 cm³/mol. The number of ketones is 1. The van der Waals surface area contributed by atoms with Gasteiger partial charge in [-0.05, 0) is 24.3 Å². The van der Waals surface area contributed by atoms with Crippen LogP contribution >= 0.6 is 0 Å². The van der Waals surface area contributed by atoms with E-state index in [0.717, 1.165) is 0 Å². The number of nitrogens with zero attached hydrogens (tertiary/aromatic N) is 2. The molecular weight excluding hydrogens is 352 g/mol. The van der Waals surface area contributed by atoms with Crippen LogP contribution in [0.25, 0.3) is 11.0 Å². The molecule has 0 saturated carbocycles. The van der Waals surface area contributed by atoms with E-state index in [1.807, 2.05) is 42.5 Å². The Hall–Kier alpha value is -4.06. The summed E-state index contributed by atoms with van der Waals surface area (Å²) in [6, 6.07) is 25.0. The molecule has 0 spiro atoms. The molecule has 1 heterocycles. The minimum Gasteiger partial charge on any atom is -0.319 e. The number of aromatic amines is 1. The van der Waals surface area contributed by atoms with Gasteiger partial charge in [0, 0.05) is 5.56 Å². The molecule has 6 nitrogen and oxygen atoms in total. The number of hydrogen-bond acceptors (Lipinski definition) is 5. The van der Waals surface area contributed by atoms with Gasteiger partial charge >= 0.3 is 0 Å². The molecule has 0 aliphatic rings. The van der Waals surface area contributed by atoms with Crippen molar-refractivity contribution in [2.75, 3.05) is 5.43 Å². The average molecular weight is 368 g/mol. The van der Waals surface area contributed by atoms with Gasteiger partial charge in [-0.2, -0.15) is 5.10 Å². The van der Waals surface area contributed by atoms with E-state index in [0.29, 0.717) is 22.3 Å². The van der Waals surface area contributed by atoms with Crippen molar-refractivity contribution in [1.29, 1.82) is 0 Å². The topological polar surface area (TPSA) is 87.2 Å². The number of benzene rings is 3. The summed E-state index contributed by atoms with van der Waals surface area (Å²) in [5, 5.41) is 4.24. The van der Waals surface area contributed by atoms with Crippen LogP contribution in [0.15, 0.2) is 94.8 Å². The molecule has 4 rings (SSSR count). The van der Waals surface area contributed by atoms with E-state index in [4.69, 9.17) is 0 Å². The van der Waals surface area contributed by atoms with Crippen molar-refractivity contribution in [3.8, 4) is 0 Å². The smallest absolute Gasteiger partial charge is 0.276 e. The number of Topliss-reactive ketones (excluding diaryl/α,β-unsaturated/α-hetero) is 1. The molecule has 4 aromatic rings. The van der Waals surface area contributed by atoms with Gasteiger partial charge in [0.05, 0.1) is 16.7 Å². The molecule has 0 unspecified atom stereocenters. The molecule has 0 aliphatic heterocycles. The lowest BCUT2D eigenvalue weighted by Crippen LogP contribution is -2.27. The van der Waals surface area contributed by atoms with Crippen LogP contribution in [0.5, 0.6) is 0 Å². The number of rotatable bonds is 5. The zero-order valence-corrected chi connectivity index (χ0v) is 14.8. The van der Waals surface area contributed by atoms with Gasteiger partial charge in [0.1, 0.15) is 0 Å². The number of nitrogens with one attached hydrogen (secondary N) is 2. The molecule has 6 heteroatoms. The number of para-hydroxylation sites is 3. The normalized spacial score (nSPS) is 11.4. The molecule has 28 heavy (non-hydrogen) atoms. The van der Waals surface area contributed by atoms with Gasteiger partial charge in [-0.1, -0.05) is 60.7 Å². The lowest BCUT2D eigenvalue weighted by atomic mass is 10.0. The molecule has 0 amide bonds. The van der Waals surface area contributed by atoms with E-state index < -0.39 is 11.3 Å². The Morgan fingerprint density at radius 2 is 1.50 bits per heavy atom. The summed E-state index contributed by atoms with van der Waals surface area (Å²) in [5.41, 5.74) is 4.57. The minimum absolute atomic E-state index is 0.0315. The molecule has 3 aromatic carbocycles. The van der Waals surface area contributed by atoms with Crippen LogP contribution in [0.4, 0.5) is 5.69 Å². The fourth-order valence-corrected chi connectivity index (χ4v) is 2.76. The quantitative estimate of drug-likeness (QED) is 0.320. The second-order valence-electron chi connectivity index (χ2n) is 6.07. The van der Waals surface area contributed by atoms with Gasteiger partial charge in [0.2, 0.25) is 5.78 Å². The van der Waals surface area contributed by atoms with Gasteiger partial charge in [-0.15, -0.1) is 0 Å². The van der Waals surface area contributed by atoms with Crippen molar-refractivity contribution in [2.24, 2.45) is 5.10 Å². The van der Waals surface area contributed by atoms with Crippen LogP contribution in [0.1, 0.15) is 16.1 Å². The van der Waals surface area contributed by atoms with E-state index in [1.165, 1.54) is 0 Å². The summed E-state index contributed by atoms with van der Waals surface area (Å²) in [6.45, 7) is 0. The lowest BCUT2D eigenvalue weighted by molar-refractivity contribution is 0.106. The fourth-order valence-electron chi connectivity index (χ4n) is 2.76. The number of carbonyl (C=O) groups is 1. The van der Waals surface area contributed by atoms with Gasteiger partial charge in [-0.25, -0.2) is 4.98 Å². The van der Waals surface area contributed by atoms with Gasteiger partial charge in [0.15, 0.2) is 11.4 Å². The highest BCUT2D eigenvalue weighted by Crippen LogP contribution is 2.11. The molecule has 0 bridgehead atoms. The summed E-state index contributed by atoms with van der Waals surface area (Å²) in [5.74, 6) is -0.391. The summed E-state index contributed by atoms with van der Waals surface area (Å²) in [6.07, 6.45) is 0. The maximum Gasteiger partial charge on any atom is 0.276 e. The Morgan fingerprint density at radius 3 is 2.25 bits per heavy atom. The molecule has 0 aliphatic carbocycles. The van der Waals surface area contributed by atoms with Crippen molar-refractivity contribution < 1.29 is 4.79 Å². The monoisotopic (exact) mass is 368 g/mol. The first kappa shape index (κ1) is 17.4. The number of H-pyrrole nitrogens is 1. The number of fused-ring (bicyclic) bond motifs is 1. The Kier molecular flexibility index (Phi) is 4.76. The third kappa shape index (κ3) is 3.57. The predicted octanol–water partition coefficient (Wildman–Crippen LogP) is 3.62. The summed E-state index contributed by atoms with van der Waals surface area (Å²) >= 11 is 0. The highest BCUT2D eigenvalue weighted by Gasteiger charge is 2.21. The maximum atomic E-state index is 13.1. The van der Waals surface area contributed by atoms with Crippen LogP contribution < -0.4 is 11.0 Å². The van der Waals surface area contributed by atoms with E-state index >= 15 is 0 Å². The third-order valence-corrected chi connectivity index (χ3v) is 4.15. The van der Waals surface area contributed by atoms with E-state index in [1.54, 1.807) is 42.5 Å². The van der Waals surface area contributed by atoms with Crippen LogP contribution in [-0.4, -0.2) is 21.5 Å². The van der Waals surface area contributed by atoms with E-state index in [2.05, 4.69) is 20.5 Å². The summed E-state index contributed by atoms with van der Waals surface area (Å²) < 4.78 is 0. The molecule has 0 fully saturated rings. The van der Waals surface area contributed by atoms with E-state index in [9.17, 15) is 9.59 Å². The largest absolute Gasteiger partial charge is 0.319 e. The van der Waals surface area contributed by atoms with Gasteiger partial charge in [-0.3, -0.25) is 15.0 Å². The van der Waals surface area contributed by atoms with Crippen molar-refractivity contribution in [2.45, 2.75) is 0 Å². The Balaban J connectivity index is 1.84.